The maximum Gasteiger partial charge on any atom is 0.157 e. The third-order valence-corrected chi connectivity index (χ3v) is 6.61. The highest BCUT2D eigenvalue weighted by atomic mass is 35.5. The molecule has 3 aromatic heterocycles. The second-order valence-corrected chi connectivity index (χ2v) is 8.88. The molecule has 0 spiro atoms. The number of benzene rings is 1. The summed E-state index contributed by atoms with van der Waals surface area (Å²) in [6, 6.07) is 14.8. The van der Waals surface area contributed by atoms with Gasteiger partial charge in [-0.2, -0.15) is 5.26 Å². The monoisotopic (exact) mass is 436 g/mol. The zero-order valence-electron chi connectivity index (χ0n) is 17.4. The number of rotatable bonds is 8. The second-order valence-electron chi connectivity index (χ2n) is 7.47. The van der Waals surface area contributed by atoms with E-state index in [1.807, 2.05) is 25.1 Å². The molecule has 0 atom stereocenters. The zero-order chi connectivity index (χ0) is 21.1. The molecule has 0 N–H and O–H groups in total. The van der Waals surface area contributed by atoms with E-state index in [9.17, 15) is 5.26 Å². The molecular formula is C24H25ClN4S. The van der Waals surface area contributed by atoms with Crippen molar-refractivity contribution in [2.24, 2.45) is 0 Å². The van der Waals surface area contributed by atoms with Gasteiger partial charge in [-0.15, -0.1) is 22.9 Å². The van der Waals surface area contributed by atoms with Crippen LogP contribution in [0.2, 0.25) is 0 Å². The van der Waals surface area contributed by atoms with Crippen LogP contribution >= 0.6 is 22.9 Å². The molecule has 3 heterocycles. The minimum Gasteiger partial charge on any atom is -0.352 e. The summed E-state index contributed by atoms with van der Waals surface area (Å²) in [4.78, 5) is 8.62. The summed E-state index contributed by atoms with van der Waals surface area (Å²) in [5, 5.41) is 12.1. The largest absolute Gasteiger partial charge is 0.352 e. The van der Waals surface area contributed by atoms with Crippen molar-refractivity contribution in [3.8, 4) is 6.07 Å². The molecule has 0 amide bonds. The summed E-state index contributed by atoms with van der Waals surface area (Å²) < 4.78 is 2.19. The third kappa shape index (κ3) is 3.66. The standard InChI is InChI=1S/C24H25ClN4S/c1-3-4-13-28(16-18-8-7-14-30-18)24-19(11-12-25)17(2)20(15-26)23-27-21-9-5-6-10-22(21)29(23)24/h5-10,14H,3-4,11-13,16H2,1-2H3. The van der Waals surface area contributed by atoms with Gasteiger partial charge >= 0.3 is 0 Å². The Morgan fingerprint density at radius 2 is 2.07 bits per heavy atom. The number of hydrogen-bond acceptors (Lipinski definition) is 4. The van der Waals surface area contributed by atoms with E-state index in [4.69, 9.17) is 16.6 Å². The van der Waals surface area contributed by atoms with E-state index >= 15 is 0 Å². The first-order valence-electron chi connectivity index (χ1n) is 10.4. The van der Waals surface area contributed by atoms with Gasteiger partial charge in [0.15, 0.2) is 5.65 Å². The van der Waals surface area contributed by atoms with Gasteiger partial charge in [0, 0.05) is 17.3 Å². The Kier molecular flexibility index (Phi) is 6.26. The van der Waals surface area contributed by atoms with Crippen molar-refractivity contribution in [2.75, 3.05) is 17.3 Å². The average molecular weight is 437 g/mol. The van der Waals surface area contributed by atoms with Crippen LogP contribution in [-0.2, 0) is 13.0 Å². The van der Waals surface area contributed by atoms with E-state index in [1.54, 1.807) is 11.3 Å². The minimum absolute atomic E-state index is 0.511. The van der Waals surface area contributed by atoms with E-state index in [-0.39, 0.29) is 0 Å². The van der Waals surface area contributed by atoms with Crippen LogP contribution in [0.25, 0.3) is 16.7 Å². The van der Waals surface area contributed by atoms with E-state index in [0.717, 1.165) is 59.6 Å². The highest BCUT2D eigenvalue weighted by Gasteiger charge is 2.24. The fourth-order valence-electron chi connectivity index (χ4n) is 4.09. The average Bonchev–Trinajstić information content (AvgIpc) is 3.40. The molecule has 6 heteroatoms. The molecule has 30 heavy (non-hydrogen) atoms. The highest BCUT2D eigenvalue weighted by molar-refractivity contribution is 7.09. The van der Waals surface area contributed by atoms with Gasteiger partial charge in [-0.3, -0.25) is 4.40 Å². The molecule has 0 fully saturated rings. The summed E-state index contributed by atoms with van der Waals surface area (Å²) in [6.45, 7) is 6.03. The molecule has 0 unspecified atom stereocenters. The number of aromatic nitrogens is 2. The quantitative estimate of drug-likeness (QED) is 0.303. The lowest BCUT2D eigenvalue weighted by Gasteiger charge is -2.29. The number of pyridine rings is 1. The van der Waals surface area contributed by atoms with Gasteiger partial charge in [-0.1, -0.05) is 31.5 Å². The van der Waals surface area contributed by atoms with Crippen LogP contribution in [0.15, 0.2) is 41.8 Å². The number of anilines is 1. The normalized spacial score (nSPS) is 11.3. The van der Waals surface area contributed by atoms with Gasteiger partial charge < -0.3 is 4.90 Å². The first-order valence-corrected chi connectivity index (χ1v) is 11.8. The van der Waals surface area contributed by atoms with Crippen molar-refractivity contribution >= 4 is 45.4 Å². The van der Waals surface area contributed by atoms with Gasteiger partial charge in [0.25, 0.3) is 0 Å². The summed E-state index contributed by atoms with van der Waals surface area (Å²) >= 11 is 8.02. The molecule has 4 aromatic rings. The number of halogens is 1. The second kappa shape index (κ2) is 9.07. The molecular weight excluding hydrogens is 412 g/mol. The molecule has 4 nitrogen and oxygen atoms in total. The molecule has 154 valence electrons. The number of alkyl halides is 1. The molecule has 0 saturated carbocycles. The lowest BCUT2D eigenvalue weighted by Crippen LogP contribution is -2.28. The van der Waals surface area contributed by atoms with E-state index in [1.165, 1.54) is 4.88 Å². The molecule has 0 aliphatic heterocycles. The van der Waals surface area contributed by atoms with E-state index in [2.05, 4.69) is 45.9 Å². The smallest absolute Gasteiger partial charge is 0.157 e. The van der Waals surface area contributed by atoms with E-state index < -0.39 is 0 Å². The number of imidazole rings is 1. The maximum atomic E-state index is 9.96. The van der Waals surface area contributed by atoms with Crippen LogP contribution in [0.1, 0.15) is 41.3 Å². The van der Waals surface area contributed by atoms with Crippen molar-refractivity contribution in [2.45, 2.75) is 39.7 Å². The lowest BCUT2D eigenvalue weighted by atomic mass is 10.0. The van der Waals surface area contributed by atoms with Gasteiger partial charge in [0.1, 0.15) is 11.9 Å². The fraction of sp³-hybridized carbons (Fsp3) is 0.333. The van der Waals surface area contributed by atoms with Crippen molar-refractivity contribution in [1.82, 2.24) is 9.38 Å². The Balaban J connectivity index is 2.06. The molecule has 0 aliphatic rings. The highest BCUT2D eigenvalue weighted by Crippen LogP contribution is 2.35. The Hall–Kier alpha value is -2.55. The summed E-state index contributed by atoms with van der Waals surface area (Å²) in [6.07, 6.45) is 2.93. The minimum atomic E-state index is 0.511. The predicted molar refractivity (Wildman–Crippen MR) is 127 cm³/mol. The first kappa shape index (κ1) is 20.7. The van der Waals surface area contributed by atoms with Gasteiger partial charge in [0.05, 0.1) is 23.1 Å². The van der Waals surface area contributed by atoms with Crippen LogP contribution in [0.5, 0.6) is 0 Å². The number of nitrogens with zero attached hydrogens (tertiary/aromatic N) is 4. The van der Waals surface area contributed by atoms with Crippen LogP contribution in [0, 0.1) is 18.3 Å². The number of fused-ring (bicyclic) bond motifs is 3. The number of thiophene rings is 1. The van der Waals surface area contributed by atoms with Crippen molar-refractivity contribution in [3.63, 3.8) is 0 Å². The van der Waals surface area contributed by atoms with Crippen molar-refractivity contribution in [1.29, 1.82) is 5.26 Å². The maximum absolute atomic E-state index is 9.96. The molecule has 4 rings (SSSR count). The number of unbranched alkanes of at least 4 members (excludes halogenated alkanes) is 1. The number of para-hydroxylation sites is 2. The summed E-state index contributed by atoms with van der Waals surface area (Å²) in [5.41, 5.74) is 5.44. The Morgan fingerprint density at radius 3 is 2.77 bits per heavy atom. The molecule has 0 bridgehead atoms. The first-order chi connectivity index (χ1) is 14.7. The molecule has 0 aliphatic carbocycles. The molecule has 0 saturated heterocycles. The van der Waals surface area contributed by atoms with Crippen LogP contribution in [-0.4, -0.2) is 21.8 Å². The fourth-order valence-corrected chi connectivity index (χ4v) is 5.00. The predicted octanol–water partition coefficient (Wildman–Crippen LogP) is 6.32. The van der Waals surface area contributed by atoms with Crippen LogP contribution in [0.3, 0.4) is 0 Å². The molecule has 1 aromatic carbocycles. The Bertz CT molecular complexity index is 1200. The van der Waals surface area contributed by atoms with Crippen LogP contribution in [0.4, 0.5) is 5.82 Å². The van der Waals surface area contributed by atoms with Crippen molar-refractivity contribution < 1.29 is 0 Å². The number of nitriles is 1. The Labute approximate surface area is 186 Å². The van der Waals surface area contributed by atoms with Gasteiger partial charge in [0.2, 0.25) is 0 Å². The lowest BCUT2D eigenvalue weighted by molar-refractivity contribution is 0.704. The summed E-state index contributed by atoms with van der Waals surface area (Å²) in [7, 11) is 0. The van der Waals surface area contributed by atoms with E-state index in [0.29, 0.717) is 17.9 Å². The zero-order valence-corrected chi connectivity index (χ0v) is 18.9. The topological polar surface area (TPSA) is 44.3 Å². The van der Waals surface area contributed by atoms with Crippen molar-refractivity contribution in [3.05, 3.63) is 63.3 Å². The van der Waals surface area contributed by atoms with Gasteiger partial charge in [-0.05, 0) is 54.5 Å². The van der Waals surface area contributed by atoms with Gasteiger partial charge in [-0.25, -0.2) is 4.98 Å². The summed E-state index contributed by atoms with van der Waals surface area (Å²) in [5.74, 6) is 1.63. The SMILES string of the molecule is CCCCN(Cc1cccs1)c1c(CCCl)c(C)c(C#N)c2nc3ccccc3n12. The third-order valence-electron chi connectivity index (χ3n) is 5.56. The van der Waals surface area contributed by atoms with Crippen LogP contribution < -0.4 is 4.90 Å². The Morgan fingerprint density at radius 1 is 1.23 bits per heavy atom. The number of hydrogen-bond donors (Lipinski definition) is 0. The molecule has 0 radical (unpaired) electrons.